The molecular formula is C31H27N5O3. The number of nitrogens with one attached hydrogen (secondary N) is 1. The van der Waals surface area contributed by atoms with Gasteiger partial charge in [0.25, 0.3) is 0 Å². The lowest BCUT2D eigenvalue weighted by Crippen LogP contribution is -2.31. The van der Waals surface area contributed by atoms with Gasteiger partial charge >= 0.3 is 0 Å². The van der Waals surface area contributed by atoms with E-state index < -0.39 is 11.9 Å². The Hall–Kier alpha value is -5.11. The summed E-state index contributed by atoms with van der Waals surface area (Å²) < 4.78 is 13.4. The minimum Gasteiger partial charge on any atom is -0.493 e. The first-order valence-electron chi connectivity index (χ1n) is 12.6. The van der Waals surface area contributed by atoms with Gasteiger partial charge in [-0.25, -0.2) is 4.68 Å². The zero-order chi connectivity index (χ0) is 26.9. The number of rotatable bonds is 7. The van der Waals surface area contributed by atoms with Crippen molar-refractivity contribution < 1.29 is 14.3 Å². The molecule has 1 amide bonds. The molecule has 194 valence electrons. The Kier molecular flexibility index (Phi) is 6.20. The second kappa shape index (κ2) is 9.98. The predicted molar refractivity (Wildman–Crippen MR) is 150 cm³/mol. The molecule has 0 radical (unpaired) electrons. The SMILES string of the molecule is COc1cc(C2C(C(N)=O)=C(C)Nc3nc(-c4cccc5ccccc45)nn32)ccc1OCc1ccccc1. The number of hydrogen-bond donors (Lipinski definition) is 2. The normalized spacial score (nSPS) is 14.6. The molecule has 4 aromatic carbocycles. The molecule has 5 aromatic rings. The number of ether oxygens (including phenoxy) is 2. The van der Waals surface area contributed by atoms with E-state index in [1.807, 2.05) is 85.8 Å². The first-order chi connectivity index (χ1) is 19.0. The van der Waals surface area contributed by atoms with Crippen LogP contribution in [0, 0.1) is 0 Å². The Morgan fingerprint density at radius 1 is 0.974 bits per heavy atom. The van der Waals surface area contributed by atoms with Gasteiger partial charge < -0.3 is 20.5 Å². The van der Waals surface area contributed by atoms with E-state index in [1.165, 1.54) is 0 Å². The summed E-state index contributed by atoms with van der Waals surface area (Å²) >= 11 is 0. The Labute approximate surface area is 225 Å². The number of hydrogen-bond acceptors (Lipinski definition) is 6. The number of carbonyl (C=O) groups excluding carboxylic acids is 1. The van der Waals surface area contributed by atoms with Crippen LogP contribution in [0.1, 0.15) is 24.1 Å². The summed E-state index contributed by atoms with van der Waals surface area (Å²) in [6, 6.07) is 29.0. The fraction of sp³-hybridized carbons (Fsp3) is 0.129. The number of aromatic nitrogens is 3. The highest BCUT2D eigenvalue weighted by molar-refractivity contribution is 5.96. The number of anilines is 1. The molecule has 6 rings (SSSR count). The third-order valence-electron chi connectivity index (χ3n) is 6.89. The molecule has 3 N–H and O–H groups in total. The lowest BCUT2D eigenvalue weighted by molar-refractivity contribution is -0.115. The van der Waals surface area contributed by atoms with Crippen LogP contribution < -0.4 is 20.5 Å². The van der Waals surface area contributed by atoms with Crippen molar-refractivity contribution in [1.29, 1.82) is 0 Å². The van der Waals surface area contributed by atoms with Crippen molar-refractivity contribution >= 4 is 22.6 Å². The quantitative estimate of drug-likeness (QED) is 0.297. The number of allylic oxidation sites excluding steroid dienone is 1. The van der Waals surface area contributed by atoms with E-state index in [9.17, 15) is 4.79 Å². The van der Waals surface area contributed by atoms with Gasteiger partial charge in [-0.3, -0.25) is 4.79 Å². The molecule has 8 heteroatoms. The topological polar surface area (TPSA) is 104 Å². The number of fused-ring (bicyclic) bond motifs is 2. The van der Waals surface area contributed by atoms with Crippen molar-refractivity contribution in [3.8, 4) is 22.9 Å². The zero-order valence-electron chi connectivity index (χ0n) is 21.6. The molecule has 0 aliphatic carbocycles. The summed E-state index contributed by atoms with van der Waals surface area (Å²) in [5.41, 5.74) is 9.63. The summed E-state index contributed by atoms with van der Waals surface area (Å²) in [4.78, 5) is 17.5. The Bertz CT molecular complexity index is 1720. The van der Waals surface area contributed by atoms with Gasteiger partial charge in [0, 0.05) is 11.3 Å². The fourth-order valence-corrected chi connectivity index (χ4v) is 5.02. The average Bonchev–Trinajstić information content (AvgIpc) is 3.38. The molecule has 1 aliphatic rings. The van der Waals surface area contributed by atoms with Gasteiger partial charge in [0.2, 0.25) is 11.9 Å². The van der Waals surface area contributed by atoms with Crippen molar-refractivity contribution in [1.82, 2.24) is 14.8 Å². The molecule has 1 aromatic heterocycles. The molecule has 1 unspecified atom stereocenters. The second-order valence-corrected chi connectivity index (χ2v) is 9.35. The molecule has 0 saturated heterocycles. The van der Waals surface area contributed by atoms with E-state index in [-0.39, 0.29) is 0 Å². The van der Waals surface area contributed by atoms with Gasteiger partial charge in [-0.05, 0) is 41.0 Å². The summed E-state index contributed by atoms with van der Waals surface area (Å²) in [6.07, 6.45) is 0. The highest BCUT2D eigenvalue weighted by Crippen LogP contribution is 2.40. The van der Waals surface area contributed by atoms with Crippen molar-refractivity contribution in [2.75, 3.05) is 12.4 Å². The molecule has 1 atom stereocenters. The monoisotopic (exact) mass is 517 g/mol. The fourth-order valence-electron chi connectivity index (χ4n) is 5.02. The third kappa shape index (κ3) is 4.46. The predicted octanol–water partition coefficient (Wildman–Crippen LogP) is 5.46. The molecule has 0 saturated carbocycles. The van der Waals surface area contributed by atoms with Gasteiger partial charge in [-0.15, -0.1) is 5.10 Å². The molecule has 0 fully saturated rings. The molecule has 0 bridgehead atoms. The summed E-state index contributed by atoms with van der Waals surface area (Å²) in [7, 11) is 1.59. The van der Waals surface area contributed by atoms with Gasteiger partial charge in [0.1, 0.15) is 12.6 Å². The second-order valence-electron chi connectivity index (χ2n) is 9.35. The van der Waals surface area contributed by atoms with Crippen LogP contribution in [0.2, 0.25) is 0 Å². The summed E-state index contributed by atoms with van der Waals surface area (Å²) in [6.45, 7) is 2.22. The van der Waals surface area contributed by atoms with E-state index in [0.29, 0.717) is 41.1 Å². The van der Waals surface area contributed by atoms with E-state index in [0.717, 1.165) is 27.5 Å². The Morgan fingerprint density at radius 3 is 2.54 bits per heavy atom. The van der Waals surface area contributed by atoms with Crippen LogP contribution in [-0.2, 0) is 11.4 Å². The number of nitrogens with zero attached hydrogens (tertiary/aromatic N) is 3. The number of carbonyl (C=O) groups is 1. The highest BCUT2D eigenvalue weighted by atomic mass is 16.5. The minimum absolute atomic E-state index is 0.400. The minimum atomic E-state index is -0.605. The molecule has 2 heterocycles. The zero-order valence-corrected chi connectivity index (χ0v) is 21.6. The lowest BCUT2D eigenvalue weighted by Gasteiger charge is -2.28. The third-order valence-corrected chi connectivity index (χ3v) is 6.89. The van der Waals surface area contributed by atoms with E-state index in [2.05, 4.69) is 17.4 Å². The van der Waals surface area contributed by atoms with Gasteiger partial charge in [0.15, 0.2) is 17.3 Å². The summed E-state index contributed by atoms with van der Waals surface area (Å²) in [5.74, 6) is 1.66. The highest BCUT2D eigenvalue weighted by Gasteiger charge is 2.34. The van der Waals surface area contributed by atoms with Crippen molar-refractivity contribution in [2.45, 2.75) is 19.6 Å². The standard InChI is InChI=1S/C31H27N5O3/c1-19-27(29(32)37)28(22-15-16-25(26(17-22)38-2)39-18-20-9-4-3-5-10-20)36-31(33-19)34-30(35-36)24-14-8-12-21-11-6-7-13-23(21)24/h3-17,28H,18H2,1-2H3,(H2,32,37)(H,33,34,35). The van der Waals surface area contributed by atoms with Gasteiger partial charge in [0.05, 0.1) is 12.7 Å². The molecule has 8 nitrogen and oxygen atoms in total. The largest absolute Gasteiger partial charge is 0.493 e. The van der Waals surface area contributed by atoms with Crippen LogP contribution in [-0.4, -0.2) is 27.8 Å². The first-order valence-corrected chi connectivity index (χ1v) is 12.6. The number of methoxy groups -OCH3 is 1. The van der Waals surface area contributed by atoms with E-state index in [1.54, 1.807) is 11.8 Å². The number of primary amides is 1. The van der Waals surface area contributed by atoms with Crippen LogP contribution in [0.5, 0.6) is 11.5 Å². The molecule has 39 heavy (non-hydrogen) atoms. The van der Waals surface area contributed by atoms with Gasteiger partial charge in [-0.1, -0.05) is 78.9 Å². The van der Waals surface area contributed by atoms with Crippen LogP contribution in [0.3, 0.4) is 0 Å². The molecule has 1 aliphatic heterocycles. The molecular weight excluding hydrogens is 490 g/mol. The van der Waals surface area contributed by atoms with Crippen LogP contribution >= 0.6 is 0 Å². The van der Waals surface area contributed by atoms with Crippen molar-refractivity contribution in [3.63, 3.8) is 0 Å². The van der Waals surface area contributed by atoms with E-state index in [4.69, 9.17) is 25.3 Å². The maximum Gasteiger partial charge on any atom is 0.248 e. The number of amides is 1. The lowest BCUT2D eigenvalue weighted by atomic mass is 9.95. The average molecular weight is 518 g/mol. The smallest absolute Gasteiger partial charge is 0.248 e. The van der Waals surface area contributed by atoms with Crippen molar-refractivity contribution in [2.24, 2.45) is 5.73 Å². The Balaban J connectivity index is 1.42. The van der Waals surface area contributed by atoms with E-state index >= 15 is 0 Å². The van der Waals surface area contributed by atoms with Crippen LogP contribution in [0.4, 0.5) is 5.95 Å². The van der Waals surface area contributed by atoms with Crippen LogP contribution in [0.15, 0.2) is 102 Å². The maximum absolute atomic E-state index is 12.7. The maximum atomic E-state index is 12.7. The van der Waals surface area contributed by atoms with Crippen LogP contribution in [0.25, 0.3) is 22.2 Å². The summed E-state index contributed by atoms with van der Waals surface area (Å²) in [5, 5.41) is 10.2. The number of benzene rings is 4. The van der Waals surface area contributed by atoms with Gasteiger partial charge in [-0.2, -0.15) is 4.98 Å². The number of nitrogens with two attached hydrogens (primary N) is 1. The first kappa shape index (κ1) is 24.2. The molecule has 0 spiro atoms. The Morgan fingerprint density at radius 2 is 1.74 bits per heavy atom. The van der Waals surface area contributed by atoms with Crippen molar-refractivity contribution in [3.05, 3.63) is 113 Å².